The topological polar surface area (TPSA) is 108 Å². The number of carbonyl (C=O) groups is 3. The second-order valence-corrected chi connectivity index (χ2v) is 9.23. The summed E-state index contributed by atoms with van der Waals surface area (Å²) in [4.78, 5) is 41.9. The molecule has 3 aliphatic heterocycles. The van der Waals surface area contributed by atoms with Gasteiger partial charge in [-0.1, -0.05) is 60.7 Å². The molecule has 8 heteroatoms. The lowest BCUT2D eigenvalue weighted by Crippen LogP contribution is -2.56. The molecule has 3 N–H and O–H groups in total. The minimum atomic E-state index is -1.10. The molecule has 2 unspecified atom stereocenters. The Labute approximate surface area is 198 Å². The number of ether oxygens (including phenoxy) is 1. The van der Waals surface area contributed by atoms with Crippen molar-refractivity contribution in [2.75, 3.05) is 13.7 Å². The Morgan fingerprint density at radius 1 is 1.12 bits per heavy atom. The quantitative estimate of drug-likeness (QED) is 0.571. The van der Waals surface area contributed by atoms with E-state index in [2.05, 4.69) is 10.6 Å². The SMILES string of the molecule is CNC(=O)[C@@H]1[C@@H]2CCC3(O2)C(C(=O)NCc2ccccc2)N([C@H](CO)c2ccccc2)C(=O)[C@H]13. The van der Waals surface area contributed by atoms with E-state index < -0.39 is 35.6 Å². The van der Waals surface area contributed by atoms with E-state index in [0.717, 1.165) is 11.1 Å². The number of nitrogens with zero attached hydrogens (tertiary/aromatic N) is 1. The minimum Gasteiger partial charge on any atom is -0.394 e. The van der Waals surface area contributed by atoms with Crippen LogP contribution in [0.15, 0.2) is 60.7 Å². The number of benzene rings is 2. The zero-order valence-corrected chi connectivity index (χ0v) is 19.0. The number of fused-ring (bicyclic) bond motifs is 1. The van der Waals surface area contributed by atoms with Gasteiger partial charge in [0.15, 0.2) is 0 Å². The summed E-state index contributed by atoms with van der Waals surface area (Å²) in [7, 11) is 1.54. The summed E-state index contributed by atoms with van der Waals surface area (Å²) in [5.41, 5.74) is 0.561. The number of carbonyl (C=O) groups excluding carboxylic acids is 3. The van der Waals surface area contributed by atoms with Crippen molar-refractivity contribution < 1.29 is 24.2 Å². The third kappa shape index (κ3) is 3.40. The zero-order chi connectivity index (χ0) is 23.9. The summed E-state index contributed by atoms with van der Waals surface area (Å²) < 4.78 is 6.37. The lowest BCUT2D eigenvalue weighted by Gasteiger charge is -2.36. The highest BCUT2D eigenvalue weighted by atomic mass is 16.5. The van der Waals surface area contributed by atoms with E-state index >= 15 is 0 Å². The van der Waals surface area contributed by atoms with Crippen LogP contribution in [0.2, 0.25) is 0 Å². The highest BCUT2D eigenvalue weighted by Gasteiger charge is 2.75. The first-order valence-electron chi connectivity index (χ1n) is 11.7. The van der Waals surface area contributed by atoms with Crippen molar-refractivity contribution in [1.29, 1.82) is 0 Å². The van der Waals surface area contributed by atoms with Crippen LogP contribution in [-0.2, 0) is 25.7 Å². The van der Waals surface area contributed by atoms with Crippen molar-refractivity contribution in [3.8, 4) is 0 Å². The van der Waals surface area contributed by atoms with E-state index in [1.165, 1.54) is 4.90 Å². The lowest BCUT2D eigenvalue weighted by atomic mass is 9.70. The van der Waals surface area contributed by atoms with Gasteiger partial charge in [0.2, 0.25) is 17.7 Å². The fraction of sp³-hybridized carbons (Fsp3) is 0.423. The molecular formula is C26H29N3O5. The van der Waals surface area contributed by atoms with Crippen LogP contribution < -0.4 is 10.6 Å². The van der Waals surface area contributed by atoms with Gasteiger partial charge < -0.3 is 25.4 Å². The van der Waals surface area contributed by atoms with Gasteiger partial charge in [0.25, 0.3) is 0 Å². The Balaban J connectivity index is 1.54. The number of hydrogen-bond donors (Lipinski definition) is 3. The standard InChI is InChI=1S/C26H29N3O5/c1-27-23(31)20-19-12-13-26(34-19)21(20)25(33)29(18(15-30)17-10-6-3-7-11-17)22(26)24(32)28-14-16-8-4-2-5-9-16/h2-11,18-22,30H,12-15H2,1H3,(H,27,31)(H,28,32)/t18-,19+,20-,21+,22?,26?/m1/s1. The Morgan fingerprint density at radius 2 is 1.79 bits per heavy atom. The van der Waals surface area contributed by atoms with Crippen LogP contribution >= 0.6 is 0 Å². The molecule has 0 radical (unpaired) electrons. The summed E-state index contributed by atoms with van der Waals surface area (Å²) in [6, 6.07) is 17.0. The van der Waals surface area contributed by atoms with Crippen molar-refractivity contribution in [2.24, 2.45) is 11.8 Å². The van der Waals surface area contributed by atoms with E-state index in [-0.39, 0.29) is 24.3 Å². The first kappa shape index (κ1) is 22.6. The van der Waals surface area contributed by atoms with Crippen LogP contribution in [0.4, 0.5) is 0 Å². The van der Waals surface area contributed by atoms with E-state index in [1.807, 2.05) is 60.7 Å². The van der Waals surface area contributed by atoms with E-state index in [0.29, 0.717) is 19.4 Å². The molecule has 2 bridgehead atoms. The van der Waals surface area contributed by atoms with Crippen LogP contribution in [0, 0.1) is 11.8 Å². The summed E-state index contributed by atoms with van der Waals surface area (Å²) in [6.45, 7) is -0.0501. The van der Waals surface area contributed by atoms with Gasteiger partial charge in [-0.3, -0.25) is 14.4 Å². The van der Waals surface area contributed by atoms with Crippen LogP contribution in [0.1, 0.15) is 30.0 Å². The smallest absolute Gasteiger partial charge is 0.246 e. The number of likely N-dealkylation sites (tertiary alicyclic amines) is 1. The van der Waals surface area contributed by atoms with Crippen molar-refractivity contribution in [3.63, 3.8) is 0 Å². The normalized spacial score (nSPS) is 30.2. The first-order valence-corrected chi connectivity index (χ1v) is 11.7. The maximum Gasteiger partial charge on any atom is 0.246 e. The largest absolute Gasteiger partial charge is 0.394 e. The summed E-state index contributed by atoms with van der Waals surface area (Å²) in [6.07, 6.45) is 0.714. The van der Waals surface area contributed by atoms with Gasteiger partial charge in [-0.05, 0) is 24.0 Å². The molecule has 0 aromatic heterocycles. The van der Waals surface area contributed by atoms with Gasteiger partial charge in [0.1, 0.15) is 11.6 Å². The molecule has 3 aliphatic rings. The van der Waals surface area contributed by atoms with Crippen LogP contribution in [0.3, 0.4) is 0 Å². The third-order valence-electron chi connectivity index (χ3n) is 7.54. The summed E-state index contributed by atoms with van der Waals surface area (Å²) in [5.74, 6) is -2.34. The number of nitrogens with one attached hydrogen (secondary N) is 2. The Kier molecular flexibility index (Phi) is 5.87. The Bertz CT molecular complexity index is 1080. The third-order valence-corrected chi connectivity index (χ3v) is 7.54. The first-order chi connectivity index (χ1) is 16.5. The fourth-order valence-corrected chi connectivity index (χ4v) is 6.10. The van der Waals surface area contributed by atoms with Crippen molar-refractivity contribution >= 4 is 17.7 Å². The van der Waals surface area contributed by atoms with Crippen molar-refractivity contribution in [1.82, 2.24) is 15.5 Å². The van der Waals surface area contributed by atoms with E-state index in [1.54, 1.807) is 7.05 Å². The molecule has 0 aliphatic carbocycles. The molecule has 6 atom stereocenters. The monoisotopic (exact) mass is 463 g/mol. The maximum absolute atomic E-state index is 13.9. The second-order valence-electron chi connectivity index (χ2n) is 9.23. The van der Waals surface area contributed by atoms with Crippen molar-refractivity contribution in [2.45, 2.75) is 43.2 Å². The molecular weight excluding hydrogens is 434 g/mol. The second kappa shape index (κ2) is 8.85. The molecule has 1 spiro atoms. The number of aliphatic hydroxyl groups is 1. The molecule has 178 valence electrons. The Morgan fingerprint density at radius 3 is 2.44 bits per heavy atom. The molecule has 34 heavy (non-hydrogen) atoms. The highest BCUT2D eigenvalue weighted by Crippen LogP contribution is 2.59. The average Bonchev–Trinajstić information content (AvgIpc) is 3.52. The zero-order valence-electron chi connectivity index (χ0n) is 19.0. The molecule has 2 aromatic rings. The molecule has 3 heterocycles. The van der Waals surface area contributed by atoms with Gasteiger partial charge in [-0.2, -0.15) is 0 Å². The number of amides is 3. The van der Waals surface area contributed by atoms with Crippen molar-refractivity contribution in [3.05, 3.63) is 71.8 Å². The summed E-state index contributed by atoms with van der Waals surface area (Å²) in [5, 5.41) is 16.0. The average molecular weight is 464 g/mol. The van der Waals surface area contributed by atoms with Gasteiger partial charge in [0, 0.05) is 13.6 Å². The van der Waals surface area contributed by atoms with Gasteiger partial charge in [-0.25, -0.2) is 0 Å². The molecule has 0 saturated carbocycles. The van der Waals surface area contributed by atoms with Gasteiger partial charge in [-0.15, -0.1) is 0 Å². The molecule has 3 amide bonds. The van der Waals surface area contributed by atoms with Gasteiger partial charge in [0.05, 0.1) is 30.6 Å². The predicted octanol–water partition coefficient (Wildman–Crippen LogP) is 1.16. The molecule has 3 saturated heterocycles. The summed E-state index contributed by atoms with van der Waals surface area (Å²) >= 11 is 0. The molecule has 3 fully saturated rings. The molecule has 5 rings (SSSR count). The minimum absolute atomic E-state index is 0.254. The highest BCUT2D eigenvalue weighted by molar-refractivity contribution is 5.99. The molecule has 2 aromatic carbocycles. The molecule has 8 nitrogen and oxygen atoms in total. The maximum atomic E-state index is 13.9. The number of hydrogen-bond acceptors (Lipinski definition) is 5. The predicted molar refractivity (Wildman–Crippen MR) is 123 cm³/mol. The van der Waals surface area contributed by atoms with E-state index in [9.17, 15) is 19.5 Å². The Hall–Kier alpha value is -3.23. The van der Waals surface area contributed by atoms with Crippen LogP contribution in [0.5, 0.6) is 0 Å². The van der Waals surface area contributed by atoms with Crippen LogP contribution in [0.25, 0.3) is 0 Å². The number of rotatable bonds is 7. The number of aliphatic hydroxyl groups excluding tert-OH is 1. The van der Waals surface area contributed by atoms with E-state index in [4.69, 9.17) is 4.74 Å². The van der Waals surface area contributed by atoms with Crippen LogP contribution in [-0.4, -0.2) is 59.1 Å². The lowest BCUT2D eigenvalue weighted by molar-refractivity contribution is -0.145. The fourth-order valence-electron chi connectivity index (χ4n) is 6.10. The van der Waals surface area contributed by atoms with Gasteiger partial charge >= 0.3 is 0 Å².